The molecule has 0 bridgehead atoms. The van der Waals surface area contributed by atoms with Crippen LogP contribution in [0.3, 0.4) is 0 Å². The molecule has 0 fully saturated rings. The first kappa shape index (κ1) is 12.8. The minimum atomic E-state index is -2.93. The van der Waals surface area contributed by atoms with Crippen LogP contribution in [0.1, 0.15) is 38.3 Å². The second-order valence-electron chi connectivity index (χ2n) is 3.02. The van der Waals surface area contributed by atoms with E-state index in [1.54, 1.807) is 6.07 Å². The zero-order valence-corrected chi connectivity index (χ0v) is 8.74. The molecule has 1 aromatic carbocycles. The summed E-state index contributed by atoms with van der Waals surface area (Å²) in [5, 5.41) is 8.82. The number of methoxy groups -OCH3 is 1. The quantitative estimate of drug-likeness (QED) is 0.598. The smallest absolute Gasteiger partial charge is 0.339 e. The number of nitriles is 1. The first-order chi connectivity index (χ1) is 8.06. The van der Waals surface area contributed by atoms with Crippen molar-refractivity contribution in [1.82, 2.24) is 0 Å². The second-order valence-corrected chi connectivity index (χ2v) is 3.02. The molecule has 0 unspecified atom stereocenters. The number of carbonyl (C=O) groups is 2. The summed E-state index contributed by atoms with van der Waals surface area (Å²) in [5.74, 6) is -1.07. The standard InChI is InChI=1S/C11H7F2NO3/c1-17-11(16)9-7(10(12)13)3-2-6(5-15)8(9)4-14/h2-3,5,10H,1H3. The molecule has 0 saturated heterocycles. The highest BCUT2D eigenvalue weighted by Crippen LogP contribution is 2.27. The number of alkyl halides is 2. The molecule has 0 aliphatic carbocycles. The zero-order valence-electron chi connectivity index (χ0n) is 8.74. The van der Waals surface area contributed by atoms with E-state index >= 15 is 0 Å². The highest BCUT2D eigenvalue weighted by molar-refractivity contribution is 5.97. The molecule has 0 aromatic heterocycles. The summed E-state index contributed by atoms with van der Waals surface area (Å²) in [5.41, 5.74) is -1.71. The Morgan fingerprint density at radius 1 is 1.53 bits per heavy atom. The van der Waals surface area contributed by atoms with Crippen LogP contribution in [-0.4, -0.2) is 19.4 Å². The number of hydrogen-bond donors (Lipinski definition) is 0. The van der Waals surface area contributed by atoms with Gasteiger partial charge >= 0.3 is 5.97 Å². The number of halogens is 2. The van der Waals surface area contributed by atoms with Gasteiger partial charge in [0.15, 0.2) is 6.29 Å². The van der Waals surface area contributed by atoms with Crippen LogP contribution in [0.4, 0.5) is 8.78 Å². The molecule has 0 saturated carbocycles. The van der Waals surface area contributed by atoms with Gasteiger partial charge in [0.05, 0.1) is 18.2 Å². The van der Waals surface area contributed by atoms with Crippen molar-refractivity contribution in [3.05, 3.63) is 34.4 Å². The number of esters is 1. The number of rotatable bonds is 3. The van der Waals surface area contributed by atoms with Crippen molar-refractivity contribution >= 4 is 12.3 Å². The SMILES string of the molecule is COC(=O)c1c(C(F)F)ccc(C=O)c1C#N. The van der Waals surface area contributed by atoms with E-state index < -0.39 is 29.1 Å². The van der Waals surface area contributed by atoms with Crippen LogP contribution in [0, 0.1) is 11.3 Å². The summed E-state index contributed by atoms with van der Waals surface area (Å²) in [6.07, 6.45) is -2.61. The van der Waals surface area contributed by atoms with Gasteiger partial charge in [-0.15, -0.1) is 0 Å². The first-order valence-corrected chi connectivity index (χ1v) is 4.45. The van der Waals surface area contributed by atoms with Gasteiger partial charge in [-0.05, 0) is 6.07 Å². The molecule has 17 heavy (non-hydrogen) atoms. The van der Waals surface area contributed by atoms with Crippen LogP contribution in [-0.2, 0) is 4.74 Å². The van der Waals surface area contributed by atoms with Gasteiger partial charge in [0.2, 0.25) is 0 Å². The Hall–Kier alpha value is -2.29. The lowest BCUT2D eigenvalue weighted by molar-refractivity contribution is 0.0589. The van der Waals surface area contributed by atoms with E-state index in [9.17, 15) is 18.4 Å². The third kappa shape index (κ3) is 2.28. The summed E-state index contributed by atoms with van der Waals surface area (Å²) in [4.78, 5) is 22.0. The van der Waals surface area contributed by atoms with E-state index in [0.29, 0.717) is 6.29 Å². The van der Waals surface area contributed by atoms with Crippen molar-refractivity contribution in [2.75, 3.05) is 7.11 Å². The lowest BCUT2D eigenvalue weighted by Crippen LogP contribution is -2.11. The highest BCUT2D eigenvalue weighted by atomic mass is 19.3. The number of ether oxygens (including phenoxy) is 1. The van der Waals surface area contributed by atoms with Crippen molar-refractivity contribution in [1.29, 1.82) is 5.26 Å². The van der Waals surface area contributed by atoms with Crippen LogP contribution in [0.5, 0.6) is 0 Å². The molecule has 0 atom stereocenters. The van der Waals surface area contributed by atoms with Crippen molar-refractivity contribution in [2.45, 2.75) is 6.43 Å². The number of aldehydes is 1. The lowest BCUT2D eigenvalue weighted by Gasteiger charge is -2.10. The van der Waals surface area contributed by atoms with Crippen molar-refractivity contribution in [2.24, 2.45) is 0 Å². The first-order valence-electron chi connectivity index (χ1n) is 4.45. The molecular formula is C11H7F2NO3. The molecule has 88 valence electrons. The molecule has 0 spiro atoms. The summed E-state index contributed by atoms with van der Waals surface area (Å²) >= 11 is 0. The Morgan fingerprint density at radius 3 is 2.59 bits per heavy atom. The second kappa shape index (κ2) is 5.16. The largest absolute Gasteiger partial charge is 0.465 e. The average Bonchev–Trinajstić information content (AvgIpc) is 2.35. The fourth-order valence-corrected chi connectivity index (χ4v) is 1.36. The van der Waals surface area contributed by atoms with Gasteiger partial charge in [0.25, 0.3) is 6.43 Å². The monoisotopic (exact) mass is 239 g/mol. The van der Waals surface area contributed by atoms with Gasteiger partial charge in [-0.3, -0.25) is 4.79 Å². The van der Waals surface area contributed by atoms with Crippen LogP contribution >= 0.6 is 0 Å². The number of nitrogens with zero attached hydrogens (tertiary/aromatic N) is 1. The molecule has 0 heterocycles. The number of hydrogen-bond acceptors (Lipinski definition) is 4. The number of carbonyl (C=O) groups excluding carboxylic acids is 2. The van der Waals surface area contributed by atoms with Crippen molar-refractivity contribution < 1.29 is 23.1 Å². The van der Waals surface area contributed by atoms with Gasteiger partial charge in [-0.1, -0.05) is 6.07 Å². The Morgan fingerprint density at radius 2 is 2.18 bits per heavy atom. The third-order valence-corrected chi connectivity index (χ3v) is 2.13. The minimum Gasteiger partial charge on any atom is -0.465 e. The van der Waals surface area contributed by atoms with E-state index in [1.807, 2.05) is 0 Å². The zero-order chi connectivity index (χ0) is 13.0. The van der Waals surface area contributed by atoms with Gasteiger partial charge in [-0.2, -0.15) is 5.26 Å². The summed E-state index contributed by atoms with van der Waals surface area (Å²) in [6, 6.07) is 3.56. The molecule has 0 amide bonds. The van der Waals surface area contributed by atoms with Gasteiger partial charge < -0.3 is 4.74 Å². The van der Waals surface area contributed by atoms with Crippen LogP contribution in [0.2, 0.25) is 0 Å². The summed E-state index contributed by atoms with van der Waals surface area (Å²) in [7, 11) is 1.01. The van der Waals surface area contributed by atoms with Gasteiger partial charge in [-0.25, -0.2) is 13.6 Å². The van der Waals surface area contributed by atoms with Crippen LogP contribution < -0.4 is 0 Å². The Bertz CT molecular complexity index is 506. The fraction of sp³-hybridized carbons (Fsp3) is 0.182. The molecule has 6 heteroatoms. The van der Waals surface area contributed by atoms with Crippen LogP contribution in [0.25, 0.3) is 0 Å². The van der Waals surface area contributed by atoms with E-state index in [0.717, 1.165) is 19.2 Å². The predicted octanol–water partition coefficient (Wildman–Crippen LogP) is 2.09. The Kier molecular flexibility index (Phi) is 3.88. The summed E-state index contributed by atoms with van der Waals surface area (Å²) < 4.78 is 29.7. The molecule has 0 aliphatic heterocycles. The molecule has 1 aromatic rings. The topological polar surface area (TPSA) is 67.2 Å². The number of benzene rings is 1. The molecular weight excluding hydrogens is 232 g/mol. The fourth-order valence-electron chi connectivity index (χ4n) is 1.36. The van der Waals surface area contributed by atoms with E-state index in [-0.39, 0.29) is 5.56 Å². The summed E-state index contributed by atoms with van der Waals surface area (Å²) in [6.45, 7) is 0. The average molecular weight is 239 g/mol. The van der Waals surface area contributed by atoms with E-state index in [4.69, 9.17) is 5.26 Å². The maximum Gasteiger partial charge on any atom is 0.339 e. The molecule has 0 radical (unpaired) electrons. The van der Waals surface area contributed by atoms with Gasteiger partial charge in [0.1, 0.15) is 6.07 Å². The maximum atomic E-state index is 12.7. The van der Waals surface area contributed by atoms with Crippen LogP contribution in [0.15, 0.2) is 12.1 Å². The normalized spacial score (nSPS) is 9.82. The molecule has 4 nitrogen and oxygen atoms in total. The van der Waals surface area contributed by atoms with Gasteiger partial charge in [0, 0.05) is 11.1 Å². The molecule has 0 N–H and O–H groups in total. The minimum absolute atomic E-state index is 0.127. The van der Waals surface area contributed by atoms with Crippen molar-refractivity contribution in [3.63, 3.8) is 0 Å². The van der Waals surface area contributed by atoms with E-state index in [1.165, 1.54) is 0 Å². The molecule has 1 rings (SSSR count). The van der Waals surface area contributed by atoms with Crippen molar-refractivity contribution in [3.8, 4) is 6.07 Å². The van der Waals surface area contributed by atoms with E-state index in [2.05, 4.69) is 4.74 Å². The predicted molar refractivity (Wildman–Crippen MR) is 52.8 cm³/mol. The lowest BCUT2D eigenvalue weighted by atomic mass is 9.97. The Balaban J connectivity index is 3.63. The maximum absolute atomic E-state index is 12.7. The molecule has 0 aliphatic rings. The highest BCUT2D eigenvalue weighted by Gasteiger charge is 2.24. The Labute approximate surface area is 95.4 Å². The third-order valence-electron chi connectivity index (χ3n) is 2.13.